The summed E-state index contributed by atoms with van der Waals surface area (Å²) in [5.41, 5.74) is 0.745. The number of benzene rings is 1. The maximum Gasteiger partial charge on any atom is 0.308 e. The highest BCUT2D eigenvalue weighted by Crippen LogP contribution is 2.77. The van der Waals surface area contributed by atoms with Gasteiger partial charge in [-0.2, -0.15) is 0 Å². The van der Waals surface area contributed by atoms with Crippen LogP contribution in [-0.4, -0.2) is 11.1 Å². The van der Waals surface area contributed by atoms with Gasteiger partial charge in [0.2, 0.25) is 0 Å². The predicted octanol–water partition coefficient (Wildman–Crippen LogP) is 3.82. The molecule has 3 rings (SSSR count). The summed E-state index contributed by atoms with van der Waals surface area (Å²) in [5, 5.41) is 10.4. The molecule has 0 saturated heterocycles. The van der Waals surface area contributed by atoms with Gasteiger partial charge in [0.25, 0.3) is 0 Å². The van der Waals surface area contributed by atoms with Gasteiger partial charge >= 0.3 is 5.97 Å². The van der Waals surface area contributed by atoms with Crippen LogP contribution in [0.5, 0.6) is 0 Å². The summed E-state index contributed by atoms with van der Waals surface area (Å²) in [5.74, 6) is -1.34. The fourth-order valence-corrected chi connectivity index (χ4v) is 4.47. The van der Waals surface area contributed by atoms with Crippen molar-refractivity contribution in [2.45, 2.75) is 19.3 Å². The fourth-order valence-electron chi connectivity index (χ4n) is 3.60. The van der Waals surface area contributed by atoms with E-state index in [1.807, 2.05) is 38.1 Å². The number of fused-ring (bicyclic) bond motifs is 2. The Hall–Kier alpha value is -0.990. The number of hydrogen-bond donors (Lipinski definition) is 1. The van der Waals surface area contributed by atoms with Crippen LogP contribution >= 0.6 is 23.2 Å². The first-order valence-electron chi connectivity index (χ1n) is 5.75. The zero-order valence-electron chi connectivity index (χ0n) is 10.00. The van der Waals surface area contributed by atoms with Crippen molar-refractivity contribution in [2.24, 2.45) is 11.3 Å². The molecule has 2 nitrogen and oxygen atoms in total. The number of carboxylic acid groups (broad SMARTS) is 1. The molecule has 2 unspecified atom stereocenters. The molecule has 2 atom stereocenters. The quantitative estimate of drug-likeness (QED) is 0.850. The number of aliphatic carboxylic acids is 1. The van der Waals surface area contributed by atoms with Gasteiger partial charge in [-0.25, -0.2) is 0 Å². The predicted molar refractivity (Wildman–Crippen MR) is 71.7 cm³/mol. The Bertz CT molecular complexity index is 604. The van der Waals surface area contributed by atoms with Crippen molar-refractivity contribution in [3.63, 3.8) is 0 Å². The monoisotopic (exact) mass is 282 g/mol. The molecular weight excluding hydrogens is 271 g/mol. The highest BCUT2D eigenvalue weighted by Gasteiger charge is 2.79. The normalized spacial score (nSPS) is 31.7. The smallest absolute Gasteiger partial charge is 0.308 e. The molecule has 0 radical (unpaired) electrons. The standard InChI is InChI=1S/C14H12Cl2O2/c1-13(2)10(12(17)18)14(13)8-6-4-3-5-7(8)9(15)11(14)16/h3-6,10H,1-2H3,(H,17,18). The van der Waals surface area contributed by atoms with Crippen LogP contribution in [0.4, 0.5) is 0 Å². The van der Waals surface area contributed by atoms with Gasteiger partial charge in [-0.3, -0.25) is 4.79 Å². The van der Waals surface area contributed by atoms with Gasteiger partial charge in [-0.15, -0.1) is 0 Å². The average molecular weight is 283 g/mol. The van der Waals surface area contributed by atoms with Crippen molar-refractivity contribution >= 4 is 34.2 Å². The van der Waals surface area contributed by atoms with E-state index >= 15 is 0 Å². The fraction of sp³-hybridized carbons (Fsp3) is 0.357. The summed E-state index contributed by atoms with van der Waals surface area (Å²) in [7, 11) is 0. The van der Waals surface area contributed by atoms with E-state index in [2.05, 4.69) is 0 Å². The van der Waals surface area contributed by atoms with E-state index in [9.17, 15) is 9.90 Å². The molecule has 1 aromatic rings. The largest absolute Gasteiger partial charge is 0.481 e. The molecule has 2 aliphatic carbocycles. The summed E-state index contributed by atoms with van der Waals surface area (Å²) in [4.78, 5) is 11.5. The Morgan fingerprint density at radius 3 is 2.44 bits per heavy atom. The van der Waals surface area contributed by atoms with Crippen molar-refractivity contribution in [1.82, 2.24) is 0 Å². The molecule has 0 aromatic heterocycles. The van der Waals surface area contributed by atoms with Crippen LogP contribution in [0, 0.1) is 11.3 Å². The van der Waals surface area contributed by atoms with Gasteiger partial charge in [0, 0.05) is 5.03 Å². The maximum absolute atomic E-state index is 11.5. The molecule has 18 heavy (non-hydrogen) atoms. The lowest BCUT2D eigenvalue weighted by molar-refractivity contribution is -0.139. The molecule has 4 heteroatoms. The molecule has 1 spiro atoms. The first-order valence-corrected chi connectivity index (χ1v) is 6.51. The maximum atomic E-state index is 11.5. The molecule has 1 N–H and O–H groups in total. The third-order valence-corrected chi connectivity index (χ3v) is 5.44. The molecule has 0 amide bonds. The third kappa shape index (κ3) is 1.05. The number of hydrogen-bond acceptors (Lipinski definition) is 1. The number of carbonyl (C=O) groups is 1. The van der Waals surface area contributed by atoms with E-state index in [4.69, 9.17) is 23.2 Å². The zero-order valence-corrected chi connectivity index (χ0v) is 11.5. The Morgan fingerprint density at radius 2 is 1.89 bits per heavy atom. The topological polar surface area (TPSA) is 37.3 Å². The summed E-state index contributed by atoms with van der Waals surface area (Å²) >= 11 is 12.7. The molecular formula is C14H12Cl2O2. The van der Waals surface area contributed by atoms with Gasteiger partial charge < -0.3 is 5.11 Å². The van der Waals surface area contributed by atoms with Gasteiger partial charge in [0.15, 0.2) is 0 Å². The molecule has 0 bridgehead atoms. The molecule has 0 aliphatic heterocycles. The minimum atomic E-state index is -0.820. The Balaban J connectivity index is 2.30. The summed E-state index contributed by atoms with van der Waals surface area (Å²) in [6, 6.07) is 7.60. The van der Waals surface area contributed by atoms with Crippen LogP contribution in [0.2, 0.25) is 0 Å². The molecule has 0 heterocycles. The van der Waals surface area contributed by atoms with Crippen LogP contribution in [0.3, 0.4) is 0 Å². The Kier molecular flexibility index (Phi) is 2.22. The first kappa shape index (κ1) is 12.1. The lowest BCUT2D eigenvalue weighted by atomic mass is 9.89. The molecule has 1 saturated carbocycles. The van der Waals surface area contributed by atoms with E-state index < -0.39 is 22.7 Å². The van der Waals surface area contributed by atoms with E-state index in [0.29, 0.717) is 10.1 Å². The van der Waals surface area contributed by atoms with Gasteiger partial charge in [-0.1, -0.05) is 61.3 Å². The van der Waals surface area contributed by atoms with Crippen LogP contribution in [0.15, 0.2) is 29.3 Å². The molecule has 1 fully saturated rings. The van der Waals surface area contributed by atoms with E-state index in [0.717, 1.165) is 11.1 Å². The SMILES string of the molecule is CC1(C)C(C(=O)O)C12C(Cl)=C(Cl)c1ccccc12. The van der Waals surface area contributed by atoms with E-state index in [1.165, 1.54) is 0 Å². The highest BCUT2D eigenvalue weighted by atomic mass is 35.5. The van der Waals surface area contributed by atoms with Crippen LogP contribution < -0.4 is 0 Å². The molecule has 94 valence electrons. The second-order valence-electron chi connectivity index (χ2n) is 5.47. The van der Waals surface area contributed by atoms with Crippen LogP contribution in [0.1, 0.15) is 25.0 Å². The second kappa shape index (κ2) is 3.31. The van der Waals surface area contributed by atoms with Gasteiger partial charge in [0.1, 0.15) is 0 Å². The molecule has 2 aliphatic rings. The second-order valence-corrected chi connectivity index (χ2v) is 6.23. The minimum Gasteiger partial charge on any atom is -0.481 e. The van der Waals surface area contributed by atoms with E-state index in [-0.39, 0.29) is 0 Å². The summed E-state index contributed by atoms with van der Waals surface area (Å²) in [6.45, 7) is 3.86. The van der Waals surface area contributed by atoms with Gasteiger partial charge in [-0.05, 0) is 16.5 Å². The lowest BCUT2D eigenvalue weighted by Gasteiger charge is -2.15. The number of allylic oxidation sites excluding steroid dienone is 1. The highest BCUT2D eigenvalue weighted by molar-refractivity contribution is 6.56. The minimum absolute atomic E-state index is 0.414. The van der Waals surface area contributed by atoms with Crippen LogP contribution in [-0.2, 0) is 10.2 Å². The first-order chi connectivity index (χ1) is 8.36. The summed E-state index contributed by atoms with van der Waals surface area (Å²) < 4.78 is 0. The third-order valence-electron chi connectivity index (χ3n) is 4.46. The average Bonchev–Trinajstić information content (AvgIpc) is 2.77. The van der Waals surface area contributed by atoms with Crippen molar-refractivity contribution in [3.05, 3.63) is 40.4 Å². The number of halogens is 2. The Labute approximate surface area is 115 Å². The Morgan fingerprint density at radius 1 is 1.28 bits per heavy atom. The van der Waals surface area contributed by atoms with Crippen molar-refractivity contribution in [2.75, 3.05) is 0 Å². The molecule has 1 aromatic carbocycles. The van der Waals surface area contributed by atoms with E-state index in [1.54, 1.807) is 0 Å². The van der Waals surface area contributed by atoms with Crippen molar-refractivity contribution < 1.29 is 9.90 Å². The number of carboxylic acids is 1. The lowest BCUT2D eigenvalue weighted by Crippen LogP contribution is -2.14. The van der Waals surface area contributed by atoms with Crippen molar-refractivity contribution in [3.8, 4) is 0 Å². The summed E-state index contributed by atoms with van der Waals surface area (Å²) in [6.07, 6.45) is 0. The van der Waals surface area contributed by atoms with Gasteiger partial charge in [0.05, 0.1) is 16.4 Å². The van der Waals surface area contributed by atoms with Crippen LogP contribution in [0.25, 0.3) is 5.03 Å². The zero-order chi connectivity index (χ0) is 13.3. The number of rotatable bonds is 1. The van der Waals surface area contributed by atoms with Crippen molar-refractivity contribution in [1.29, 1.82) is 0 Å².